The van der Waals surface area contributed by atoms with Crippen LogP contribution in [0.1, 0.15) is 37.3 Å². The fourth-order valence-electron chi connectivity index (χ4n) is 2.98. The lowest BCUT2D eigenvalue weighted by Crippen LogP contribution is -2.33. The first-order valence-electron chi connectivity index (χ1n) is 7.57. The summed E-state index contributed by atoms with van der Waals surface area (Å²) in [5, 5.41) is 3.23. The fraction of sp³-hybridized carbons (Fsp3) is 0.562. The third-order valence-corrected chi connectivity index (χ3v) is 4.09. The molecule has 0 aromatic heterocycles. The highest BCUT2D eigenvalue weighted by Gasteiger charge is 2.41. The van der Waals surface area contributed by atoms with Gasteiger partial charge >= 0.3 is 0 Å². The lowest BCUT2D eigenvalue weighted by Gasteiger charge is -2.13. The Morgan fingerprint density at radius 3 is 3.05 bits per heavy atom. The van der Waals surface area contributed by atoms with Crippen LogP contribution in [0.15, 0.2) is 17.1 Å². The van der Waals surface area contributed by atoms with Crippen LogP contribution < -0.4 is 20.5 Å². The molecule has 3 rings (SSSR count). The number of benzene rings is 1. The summed E-state index contributed by atoms with van der Waals surface area (Å²) in [7, 11) is 1.69. The van der Waals surface area contributed by atoms with Crippen molar-refractivity contribution >= 4 is 5.96 Å². The van der Waals surface area contributed by atoms with Crippen molar-refractivity contribution < 1.29 is 9.47 Å². The van der Waals surface area contributed by atoms with E-state index in [0.717, 1.165) is 24.3 Å². The predicted molar refractivity (Wildman–Crippen MR) is 83.2 cm³/mol. The van der Waals surface area contributed by atoms with Gasteiger partial charge < -0.3 is 20.5 Å². The molecule has 5 nitrogen and oxygen atoms in total. The molecule has 1 saturated carbocycles. The van der Waals surface area contributed by atoms with Crippen molar-refractivity contribution in [2.24, 2.45) is 10.7 Å². The molecular weight excluding hydrogens is 266 g/mol. The predicted octanol–water partition coefficient (Wildman–Crippen LogP) is 1.80. The van der Waals surface area contributed by atoms with Crippen LogP contribution in [0.3, 0.4) is 0 Å². The van der Waals surface area contributed by atoms with Crippen molar-refractivity contribution in [2.45, 2.75) is 44.8 Å². The Balaban J connectivity index is 1.83. The fourth-order valence-corrected chi connectivity index (χ4v) is 2.98. The molecule has 0 saturated heterocycles. The monoisotopic (exact) mass is 289 g/mol. The molecule has 3 unspecified atom stereocenters. The van der Waals surface area contributed by atoms with E-state index in [4.69, 9.17) is 15.2 Å². The molecule has 5 heteroatoms. The minimum atomic E-state index is 0.251. The number of guanidine groups is 1. The van der Waals surface area contributed by atoms with Crippen LogP contribution >= 0.6 is 0 Å². The number of nitrogens with one attached hydrogen (secondary N) is 1. The zero-order valence-electron chi connectivity index (χ0n) is 12.8. The van der Waals surface area contributed by atoms with Crippen molar-refractivity contribution in [3.05, 3.63) is 23.3 Å². The molecule has 0 radical (unpaired) electrons. The molecular formula is C16H23N3O2. The second kappa shape index (κ2) is 5.47. The Bertz CT molecular complexity index is 571. The molecule has 0 bridgehead atoms. The minimum Gasteiger partial charge on any atom is -0.494 e. The zero-order valence-corrected chi connectivity index (χ0v) is 12.8. The molecule has 3 N–H and O–H groups in total. The van der Waals surface area contributed by atoms with Gasteiger partial charge in [-0.05, 0) is 32.4 Å². The Labute approximate surface area is 125 Å². The second-order valence-corrected chi connectivity index (χ2v) is 5.77. The highest BCUT2D eigenvalue weighted by molar-refractivity contribution is 5.78. The number of ether oxygens (including phenoxy) is 2. The van der Waals surface area contributed by atoms with Gasteiger partial charge in [0.25, 0.3) is 0 Å². The quantitative estimate of drug-likeness (QED) is 0.655. The van der Waals surface area contributed by atoms with E-state index in [9.17, 15) is 0 Å². The summed E-state index contributed by atoms with van der Waals surface area (Å²) in [6.45, 7) is 4.78. The summed E-state index contributed by atoms with van der Waals surface area (Å²) in [5.41, 5.74) is 8.20. The van der Waals surface area contributed by atoms with Gasteiger partial charge in [0.05, 0.1) is 6.61 Å². The van der Waals surface area contributed by atoms with E-state index in [1.54, 1.807) is 7.05 Å². The summed E-state index contributed by atoms with van der Waals surface area (Å²) in [6.07, 6.45) is 2.25. The number of hydrogen-bond donors (Lipinski definition) is 2. The molecule has 1 fully saturated rings. The Hall–Kier alpha value is -1.91. The summed E-state index contributed by atoms with van der Waals surface area (Å²) in [6, 6.07) is 4.63. The maximum absolute atomic E-state index is 5.87. The lowest BCUT2D eigenvalue weighted by atomic mass is 10.0. The van der Waals surface area contributed by atoms with E-state index in [0.29, 0.717) is 24.5 Å². The number of nitrogens with zero attached hydrogens (tertiary/aromatic N) is 1. The minimum absolute atomic E-state index is 0.251. The highest BCUT2D eigenvalue weighted by Crippen LogP contribution is 2.48. The number of rotatable bonds is 4. The van der Waals surface area contributed by atoms with Crippen LogP contribution in [0.5, 0.6) is 11.5 Å². The van der Waals surface area contributed by atoms with E-state index < -0.39 is 0 Å². The average molecular weight is 289 g/mol. The average Bonchev–Trinajstić information content (AvgIpc) is 3.10. The van der Waals surface area contributed by atoms with Gasteiger partial charge in [0.2, 0.25) is 0 Å². The van der Waals surface area contributed by atoms with Crippen LogP contribution in [0.4, 0.5) is 0 Å². The summed E-state index contributed by atoms with van der Waals surface area (Å²) >= 11 is 0. The zero-order chi connectivity index (χ0) is 15.0. The molecule has 3 atom stereocenters. The normalized spacial score (nSPS) is 27.0. The standard InChI is InChI=1S/C16H23N3O2/c1-4-20-15-6-10-5-9(2)21-14(10)8-12(15)11-7-13(11)19-16(17)18-3/h6,8-9,11,13H,4-5,7H2,1-3H3,(H3,17,18,19). The first-order chi connectivity index (χ1) is 10.1. The van der Waals surface area contributed by atoms with Crippen LogP contribution in [-0.4, -0.2) is 31.8 Å². The van der Waals surface area contributed by atoms with E-state index in [-0.39, 0.29) is 6.10 Å². The van der Waals surface area contributed by atoms with Crippen LogP contribution in [0, 0.1) is 0 Å². The maximum Gasteiger partial charge on any atom is 0.188 e. The molecule has 1 aliphatic heterocycles. The molecule has 0 amide bonds. The molecule has 1 aromatic carbocycles. The van der Waals surface area contributed by atoms with Gasteiger partial charge in [-0.2, -0.15) is 0 Å². The van der Waals surface area contributed by atoms with Gasteiger partial charge in [-0.25, -0.2) is 0 Å². The van der Waals surface area contributed by atoms with Crippen molar-refractivity contribution in [2.75, 3.05) is 13.7 Å². The summed E-state index contributed by atoms with van der Waals surface area (Å²) < 4.78 is 11.7. The second-order valence-electron chi connectivity index (χ2n) is 5.77. The van der Waals surface area contributed by atoms with Crippen molar-refractivity contribution in [3.63, 3.8) is 0 Å². The number of hydrogen-bond acceptors (Lipinski definition) is 3. The maximum atomic E-state index is 5.87. The Morgan fingerprint density at radius 2 is 2.33 bits per heavy atom. The summed E-state index contributed by atoms with van der Waals surface area (Å²) in [4.78, 5) is 3.95. The summed E-state index contributed by atoms with van der Waals surface area (Å²) in [5.74, 6) is 2.89. The van der Waals surface area contributed by atoms with E-state index in [1.807, 2.05) is 6.92 Å². The molecule has 0 spiro atoms. The van der Waals surface area contributed by atoms with Crippen LogP contribution in [-0.2, 0) is 6.42 Å². The Morgan fingerprint density at radius 1 is 1.52 bits per heavy atom. The smallest absolute Gasteiger partial charge is 0.188 e. The first kappa shape index (κ1) is 14.0. The molecule has 21 heavy (non-hydrogen) atoms. The van der Waals surface area contributed by atoms with Gasteiger partial charge in [-0.1, -0.05) is 0 Å². The third kappa shape index (κ3) is 2.77. The number of nitrogens with two attached hydrogens (primary N) is 1. The van der Waals surface area contributed by atoms with Gasteiger partial charge in [-0.15, -0.1) is 0 Å². The van der Waals surface area contributed by atoms with Crippen molar-refractivity contribution in [1.82, 2.24) is 5.32 Å². The first-order valence-corrected chi connectivity index (χ1v) is 7.57. The topological polar surface area (TPSA) is 68.9 Å². The van der Waals surface area contributed by atoms with Crippen LogP contribution in [0.25, 0.3) is 0 Å². The molecule has 2 aliphatic rings. The van der Waals surface area contributed by atoms with Crippen molar-refractivity contribution in [3.8, 4) is 11.5 Å². The van der Waals surface area contributed by atoms with E-state index >= 15 is 0 Å². The number of fused-ring (bicyclic) bond motifs is 1. The largest absolute Gasteiger partial charge is 0.494 e. The lowest BCUT2D eigenvalue weighted by molar-refractivity contribution is 0.254. The number of aliphatic imine (C=N–C) groups is 1. The highest BCUT2D eigenvalue weighted by atomic mass is 16.5. The molecule has 1 aromatic rings. The van der Waals surface area contributed by atoms with E-state index in [1.165, 1.54) is 11.1 Å². The van der Waals surface area contributed by atoms with Crippen LogP contribution in [0.2, 0.25) is 0 Å². The van der Waals surface area contributed by atoms with Gasteiger partial charge in [-0.3, -0.25) is 4.99 Å². The van der Waals surface area contributed by atoms with Gasteiger partial charge in [0, 0.05) is 36.6 Å². The van der Waals surface area contributed by atoms with Gasteiger partial charge in [0.1, 0.15) is 17.6 Å². The van der Waals surface area contributed by atoms with Gasteiger partial charge in [0.15, 0.2) is 5.96 Å². The third-order valence-electron chi connectivity index (χ3n) is 4.09. The molecule has 1 aliphatic carbocycles. The van der Waals surface area contributed by atoms with Crippen molar-refractivity contribution in [1.29, 1.82) is 0 Å². The van der Waals surface area contributed by atoms with E-state index in [2.05, 4.69) is 29.4 Å². The molecule has 1 heterocycles. The Kier molecular flexibility index (Phi) is 3.66. The SMILES string of the molecule is CCOc1cc2c(cc1C1CC1NC(N)=NC)OC(C)C2. The molecule has 114 valence electrons.